The summed E-state index contributed by atoms with van der Waals surface area (Å²) >= 11 is 5.90. The molecule has 1 aromatic heterocycles. The first kappa shape index (κ1) is 41.5. The minimum atomic E-state index is -0.758. The fraction of sp³-hybridized carbons (Fsp3) is 0.357. The molecule has 0 atom stereocenters. The van der Waals surface area contributed by atoms with Gasteiger partial charge in [-0.05, 0) is 90.8 Å². The number of methoxy groups -OCH3 is 1. The number of hydrogen-bond acceptors (Lipinski definition) is 10. The molecular weight excluding hydrogens is 762 g/mol. The molecule has 4 aromatic rings. The Kier molecular flexibility index (Phi) is 13.1. The van der Waals surface area contributed by atoms with Crippen LogP contribution in [0.25, 0.3) is 5.57 Å². The molecule has 3 aromatic carbocycles. The SMILES string of the molecule is COc1nccc(CN(C(=O)C2=C(c3ccc(CCCOc4c(F)ccc(F)c4Cl)cc3)C(C)(C)CN(C(=O)Oc3cccc(CON(O)O)c3)C2)C2CC2)c1C. The topological polar surface area (TPSA) is 134 Å². The predicted octanol–water partition coefficient (Wildman–Crippen LogP) is 8.34. The first-order valence-corrected chi connectivity index (χ1v) is 18.9. The van der Waals surface area contributed by atoms with Crippen molar-refractivity contribution >= 4 is 29.2 Å². The second kappa shape index (κ2) is 18.0. The second-order valence-electron chi connectivity index (χ2n) is 14.7. The third-order valence-electron chi connectivity index (χ3n) is 10.0. The summed E-state index contributed by atoms with van der Waals surface area (Å²) < 4.78 is 44.8. The van der Waals surface area contributed by atoms with Crippen LogP contribution < -0.4 is 14.2 Å². The Bertz CT molecular complexity index is 2130. The normalized spacial score (nSPS) is 15.2. The summed E-state index contributed by atoms with van der Waals surface area (Å²) in [6.07, 6.45) is 3.81. The van der Waals surface area contributed by atoms with Crippen LogP contribution >= 0.6 is 11.6 Å². The highest BCUT2D eigenvalue weighted by atomic mass is 35.5. The molecular formula is C42H45ClF2N4O8. The molecule has 0 unspecified atom stereocenters. The van der Waals surface area contributed by atoms with Gasteiger partial charge in [-0.1, -0.05) is 61.8 Å². The van der Waals surface area contributed by atoms with Gasteiger partial charge in [0.05, 0.1) is 32.3 Å². The van der Waals surface area contributed by atoms with Gasteiger partial charge in [0.25, 0.3) is 5.91 Å². The summed E-state index contributed by atoms with van der Waals surface area (Å²) in [7, 11) is 1.56. The molecule has 0 radical (unpaired) electrons. The lowest BCUT2D eigenvalue weighted by Crippen LogP contribution is -2.49. The molecule has 1 saturated carbocycles. The van der Waals surface area contributed by atoms with Crippen molar-refractivity contribution in [1.82, 2.24) is 20.2 Å². The van der Waals surface area contributed by atoms with Crippen molar-refractivity contribution in [2.45, 2.75) is 65.6 Å². The number of pyridine rings is 1. The van der Waals surface area contributed by atoms with Gasteiger partial charge in [-0.15, -0.1) is 0 Å². The number of amides is 2. The molecule has 302 valence electrons. The molecule has 2 heterocycles. The van der Waals surface area contributed by atoms with Crippen LogP contribution in [-0.2, 0) is 29.2 Å². The molecule has 2 amide bonds. The van der Waals surface area contributed by atoms with Crippen molar-refractivity contribution in [2.24, 2.45) is 5.41 Å². The monoisotopic (exact) mass is 806 g/mol. The van der Waals surface area contributed by atoms with E-state index in [1.54, 1.807) is 37.6 Å². The number of rotatable bonds is 15. The lowest BCUT2D eigenvalue weighted by molar-refractivity contribution is -0.497. The van der Waals surface area contributed by atoms with Crippen LogP contribution in [0, 0.1) is 24.0 Å². The predicted molar refractivity (Wildman–Crippen MR) is 206 cm³/mol. The van der Waals surface area contributed by atoms with Gasteiger partial charge in [-0.3, -0.25) is 15.2 Å². The van der Waals surface area contributed by atoms with Crippen LogP contribution in [0.2, 0.25) is 5.02 Å². The lowest BCUT2D eigenvalue weighted by atomic mass is 9.74. The van der Waals surface area contributed by atoms with Crippen molar-refractivity contribution in [2.75, 3.05) is 26.8 Å². The van der Waals surface area contributed by atoms with E-state index in [4.69, 9.17) is 41.1 Å². The Morgan fingerprint density at radius 2 is 1.75 bits per heavy atom. The van der Waals surface area contributed by atoms with Gasteiger partial charge in [0.2, 0.25) is 5.88 Å². The number of halogens is 3. The molecule has 12 nitrogen and oxygen atoms in total. The fourth-order valence-electron chi connectivity index (χ4n) is 7.13. The summed E-state index contributed by atoms with van der Waals surface area (Å²) in [6.45, 7) is 6.39. The van der Waals surface area contributed by atoms with Crippen LogP contribution in [0.3, 0.4) is 0 Å². The number of carbonyl (C=O) groups excluding carboxylic acids is 2. The van der Waals surface area contributed by atoms with Crippen LogP contribution in [-0.4, -0.2) is 75.4 Å². The van der Waals surface area contributed by atoms with E-state index in [0.29, 0.717) is 36.4 Å². The van der Waals surface area contributed by atoms with E-state index in [2.05, 4.69) is 4.98 Å². The zero-order valence-corrected chi connectivity index (χ0v) is 32.9. The molecule has 0 bridgehead atoms. The molecule has 57 heavy (non-hydrogen) atoms. The smallest absolute Gasteiger partial charge is 0.415 e. The van der Waals surface area contributed by atoms with E-state index in [1.807, 2.05) is 56.0 Å². The number of nitrogens with zero attached hydrogens (tertiary/aromatic N) is 4. The van der Waals surface area contributed by atoms with Gasteiger partial charge >= 0.3 is 6.09 Å². The quantitative estimate of drug-likeness (QED) is 0.0686. The van der Waals surface area contributed by atoms with Crippen LogP contribution in [0.4, 0.5) is 13.6 Å². The number of aryl methyl sites for hydroxylation is 1. The van der Waals surface area contributed by atoms with Crippen LogP contribution in [0.15, 0.2) is 78.5 Å². The Labute approximate surface area is 334 Å². The Hall–Kier alpha value is -5.12. The van der Waals surface area contributed by atoms with Crippen LogP contribution in [0.1, 0.15) is 60.9 Å². The van der Waals surface area contributed by atoms with Crippen LogP contribution in [0.5, 0.6) is 17.4 Å². The first-order chi connectivity index (χ1) is 27.2. The van der Waals surface area contributed by atoms with E-state index in [-0.39, 0.29) is 49.8 Å². The van der Waals surface area contributed by atoms with Crippen molar-refractivity contribution < 1.29 is 47.8 Å². The molecule has 15 heteroatoms. The number of benzene rings is 3. The van der Waals surface area contributed by atoms with Gasteiger partial charge in [0.1, 0.15) is 16.6 Å². The largest absolute Gasteiger partial charge is 0.489 e. The standard InChI is InChI=1S/C42H45ClF2N4O8/c1-26-30(18-19-46-39(26)54-4)22-48(31-14-15-31)40(50)33-23-47(41(51)57-32-9-5-7-28(21-32)24-56-49(52)53)25-42(2,3)36(33)29-12-10-27(11-13-29)8-6-20-55-38-35(45)17-16-34(44)37(38)43/h5,7,9-13,16-19,21,31,52-53H,6,8,14-15,20,22-25H2,1-4H3. The summed E-state index contributed by atoms with van der Waals surface area (Å²) in [6, 6.07) is 18.1. The molecule has 1 aliphatic carbocycles. The molecule has 1 fully saturated rings. The van der Waals surface area contributed by atoms with Crippen molar-refractivity contribution in [3.8, 4) is 17.4 Å². The summed E-state index contributed by atoms with van der Waals surface area (Å²) in [5, 5.41) is 17.1. The fourth-order valence-corrected chi connectivity index (χ4v) is 7.33. The molecule has 2 N–H and O–H groups in total. The van der Waals surface area contributed by atoms with E-state index in [9.17, 15) is 18.4 Å². The van der Waals surface area contributed by atoms with Gasteiger partial charge in [0.15, 0.2) is 11.6 Å². The second-order valence-corrected chi connectivity index (χ2v) is 15.1. The summed E-state index contributed by atoms with van der Waals surface area (Å²) in [5.41, 5.74) is 4.64. The minimum Gasteiger partial charge on any atom is -0.489 e. The van der Waals surface area contributed by atoms with E-state index >= 15 is 0 Å². The number of carbonyl (C=O) groups is 2. The van der Waals surface area contributed by atoms with Gasteiger partial charge in [-0.2, -0.15) is 0 Å². The average molecular weight is 807 g/mol. The van der Waals surface area contributed by atoms with Crippen molar-refractivity contribution in [3.63, 3.8) is 0 Å². The van der Waals surface area contributed by atoms with E-state index in [1.165, 1.54) is 4.90 Å². The zero-order valence-electron chi connectivity index (χ0n) is 32.1. The number of ether oxygens (including phenoxy) is 3. The van der Waals surface area contributed by atoms with Gasteiger partial charge in [0, 0.05) is 41.9 Å². The Morgan fingerprint density at radius 1 is 1.02 bits per heavy atom. The first-order valence-electron chi connectivity index (χ1n) is 18.5. The highest BCUT2D eigenvalue weighted by Gasteiger charge is 2.43. The molecule has 0 spiro atoms. The average Bonchev–Trinajstić information content (AvgIpc) is 4.03. The molecule has 0 saturated heterocycles. The Morgan fingerprint density at radius 3 is 2.46 bits per heavy atom. The summed E-state index contributed by atoms with van der Waals surface area (Å²) in [4.78, 5) is 41.2. The molecule has 2 aliphatic rings. The van der Waals surface area contributed by atoms with Crippen molar-refractivity contribution in [1.29, 1.82) is 0 Å². The highest BCUT2D eigenvalue weighted by molar-refractivity contribution is 6.32. The minimum absolute atomic E-state index is 0.0105. The third kappa shape index (κ3) is 10.1. The maximum absolute atomic E-state index is 15.0. The Balaban J connectivity index is 1.27. The molecule has 6 rings (SSSR count). The van der Waals surface area contributed by atoms with Crippen molar-refractivity contribution in [3.05, 3.63) is 123 Å². The maximum atomic E-state index is 15.0. The van der Waals surface area contributed by atoms with Gasteiger partial charge < -0.3 is 24.0 Å². The maximum Gasteiger partial charge on any atom is 0.415 e. The van der Waals surface area contributed by atoms with E-state index in [0.717, 1.165) is 52.8 Å². The zero-order chi connectivity index (χ0) is 40.9. The molecule has 1 aliphatic heterocycles. The van der Waals surface area contributed by atoms with E-state index < -0.39 is 33.6 Å². The summed E-state index contributed by atoms with van der Waals surface area (Å²) in [5.74, 6) is -1.29. The van der Waals surface area contributed by atoms with Gasteiger partial charge in [-0.25, -0.2) is 23.4 Å². The number of hydrogen-bond donors (Lipinski definition) is 2. The highest BCUT2D eigenvalue weighted by Crippen LogP contribution is 2.44. The third-order valence-corrected chi connectivity index (χ3v) is 10.4. The number of aromatic nitrogens is 1. The lowest BCUT2D eigenvalue weighted by Gasteiger charge is -2.42.